The van der Waals surface area contributed by atoms with Crippen molar-refractivity contribution in [3.8, 4) is 0 Å². The first-order chi connectivity index (χ1) is 8.59. The van der Waals surface area contributed by atoms with Gasteiger partial charge in [0.05, 0.1) is 16.4 Å². The van der Waals surface area contributed by atoms with Gasteiger partial charge in [0.25, 0.3) is 0 Å². The molecule has 102 valence electrons. The van der Waals surface area contributed by atoms with Crippen molar-refractivity contribution < 1.29 is 0 Å². The third-order valence-corrected chi connectivity index (χ3v) is 4.55. The lowest BCUT2D eigenvalue weighted by atomic mass is 9.84. The molecule has 1 aliphatic rings. The van der Waals surface area contributed by atoms with Gasteiger partial charge in [-0.25, -0.2) is 0 Å². The van der Waals surface area contributed by atoms with E-state index in [-0.39, 0.29) is 6.04 Å². The van der Waals surface area contributed by atoms with E-state index in [2.05, 4.69) is 39.6 Å². The normalized spacial score (nSPS) is 19.4. The van der Waals surface area contributed by atoms with Crippen molar-refractivity contribution in [2.45, 2.75) is 64.5 Å². The van der Waals surface area contributed by atoms with E-state index in [4.69, 9.17) is 5.73 Å². The molecule has 1 saturated carbocycles. The Kier molecular flexibility index (Phi) is 4.84. The minimum Gasteiger partial charge on any atom is -0.323 e. The molecule has 0 radical (unpaired) electrons. The lowest BCUT2D eigenvalue weighted by molar-refractivity contribution is 0.312. The van der Waals surface area contributed by atoms with E-state index in [0.717, 1.165) is 22.5 Å². The standard InChI is InChI=1S/C14H24BrN3/c1-10(2)18-14(12(15)9-17-18)13(16)8-11-6-4-3-5-7-11/h9-11,13H,3-8,16H2,1-2H3. The second kappa shape index (κ2) is 6.20. The van der Waals surface area contributed by atoms with Gasteiger partial charge < -0.3 is 5.73 Å². The maximum atomic E-state index is 6.42. The van der Waals surface area contributed by atoms with Gasteiger partial charge in [-0.1, -0.05) is 32.1 Å². The molecule has 1 atom stereocenters. The third-order valence-electron chi connectivity index (χ3n) is 3.94. The molecule has 1 aromatic rings. The molecule has 1 aliphatic carbocycles. The predicted octanol–water partition coefficient (Wildman–Crippen LogP) is 4.20. The molecule has 2 rings (SSSR count). The zero-order valence-corrected chi connectivity index (χ0v) is 13.0. The van der Waals surface area contributed by atoms with E-state index >= 15 is 0 Å². The summed E-state index contributed by atoms with van der Waals surface area (Å²) >= 11 is 3.59. The largest absolute Gasteiger partial charge is 0.323 e. The monoisotopic (exact) mass is 313 g/mol. The summed E-state index contributed by atoms with van der Waals surface area (Å²) in [7, 11) is 0. The maximum Gasteiger partial charge on any atom is 0.0696 e. The third kappa shape index (κ3) is 3.15. The van der Waals surface area contributed by atoms with E-state index in [1.807, 2.05) is 6.20 Å². The molecule has 18 heavy (non-hydrogen) atoms. The molecule has 1 aromatic heterocycles. The molecule has 0 aliphatic heterocycles. The van der Waals surface area contributed by atoms with Crippen LogP contribution in [0.25, 0.3) is 0 Å². The van der Waals surface area contributed by atoms with Gasteiger partial charge in [-0.2, -0.15) is 5.10 Å². The summed E-state index contributed by atoms with van der Waals surface area (Å²) in [5, 5.41) is 4.42. The zero-order chi connectivity index (χ0) is 13.1. The van der Waals surface area contributed by atoms with Crippen molar-refractivity contribution >= 4 is 15.9 Å². The minimum absolute atomic E-state index is 0.104. The Morgan fingerprint density at radius 1 is 1.39 bits per heavy atom. The molecule has 0 amide bonds. The average Bonchev–Trinajstić information content (AvgIpc) is 2.72. The van der Waals surface area contributed by atoms with Crippen molar-refractivity contribution in [1.29, 1.82) is 0 Å². The molecule has 0 bridgehead atoms. The number of nitrogens with zero attached hydrogens (tertiary/aromatic N) is 2. The highest BCUT2D eigenvalue weighted by molar-refractivity contribution is 9.10. The van der Waals surface area contributed by atoms with Crippen molar-refractivity contribution in [2.24, 2.45) is 11.7 Å². The molecule has 1 heterocycles. The average molecular weight is 314 g/mol. The van der Waals surface area contributed by atoms with Crippen LogP contribution in [0.3, 0.4) is 0 Å². The van der Waals surface area contributed by atoms with Gasteiger partial charge in [-0.05, 0) is 42.1 Å². The van der Waals surface area contributed by atoms with E-state index in [1.165, 1.54) is 32.1 Å². The maximum absolute atomic E-state index is 6.42. The molecule has 1 unspecified atom stereocenters. The van der Waals surface area contributed by atoms with Crippen molar-refractivity contribution in [3.05, 3.63) is 16.4 Å². The van der Waals surface area contributed by atoms with Crippen molar-refractivity contribution in [1.82, 2.24) is 9.78 Å². The summed E-state index contributed by atoms with van der Waals surface area (Å²) in [5.41, 5.74) is 7.58. The number of aromatic nitrogens is 2. The van der Waals surface area contributed by atoms with Gasteiger partial charge in [0.2, 0.25) is 0 Å². The summed E-state index contributed by atoms with van der Waals surface area (Å²) in [6.45, 7) is 4.30. The van der Waals surface area contributed by atoms with Crippen LogP contribution in [0.5, 0.6) is 0 Å². The molecule has 2 N–H and O–H groups in total. The highest BCUT2D eigenvalue weighted by atomic mass is 79.9. The fourth-order valence-electron chi connectivity index (χ4n) is 3.00. The smallest absolute Gasteiger partial charge is 0.0696 e. The molecule has 4 heteroatoms. The number of nitrogens with two attached hydrogens (primary N) is 1. The first-order valence-corrected chi connectivity index (χ1v) is 7.87. The van der Waals surface area contributed by atoms with Crippen LogP contribution in [0.4, 0.5) is 0 Å². The Labute approximate surface area is 118 Å². The van der Waals surface area contributed by atoms with Gasteiger partial charge in [0, 0.05) is 12.1 Å². The molecule has 0 saturated heterocycles. The fourth-order valence-corrected chi connectivity index (χ4v) is 3.57. The van der Waals surface area contributed by atoms with Gasteiger partial charge >= 0.3 is 0 Å². The molecule has 1 fully saturated rings. The topological polar surface area (TPSA) is 43.8 Å². The van der Waals surface area contributed by atoms with E-state index in [0.29, 0.717) is 6.04 Å². The highest BCUT2D eigenvalue weighted by Crippen LogP contribution is 2.33. The van der Waals surface area contributed by atoms with E-state index in [9.17, 15) is 0 Å². The minimum atomic E-state index is 0.104. The first kappa shape index (κ1) is 14.1. The second-order valence-corrected chi connectivity index (χ2v) is 6.62. The Hall–Kier alpha value is -0.350. The van der Waals surface area contributed by atoms with Crippen molar-refractivity contribution in [3.63, 3.8) is 0 Å². The van der Waals surface area contributed by atoms with Gasteiger partial charge in [-0.15, -0.1) is 0 Å². The molecule has 0 spiro atoms. The summed E-state index contributed by atoms with van der Waals surface area (Å²) in [6, 6.07) is 0.469. The number of hydrogen-bond donors (Lipinski definition) is 1. The molecule has 3 nitrogen and oxygen atoms in total. The number of halogens is 1. The Morgan fingerprint density at radius 3 is 2.67 bits per heavy atom. The van der Waals surface area contributed by atoms with Crippen LogP contribution in [-0.2, 0) is 0 Å². The van der Waals surface area contributed by atoms with E-state index < -0.39 is 0 Å². The van der Waals surface area contributed by atoms with Crippen LogP contribution >= 0.6 is 15.9 Å². The highest BCUT2D eigenvalue weighted by Gasteiger charge is 2.22. The van der Waals surface area contributed by atoms with Gasteiger partial charge in [0.1, 0.15) is 0 Å². The number of hydrogen-bond acceptors (Lipinski definition) is 2. The molecular weight excluding hydrogens is 290 g/mol. The lowest BCUT2D eigenvalue weighted by Gasteiger charge is -2.25. The SMILES string of the molecule is CC(C)n1ncc(Br)c1C(N)CC1CCCCC1. The summed E-state index contributed by atoms with van der Waals surface area (Å²) in [4.78, 5) is 0. The predicted molar refractivity (Wildman–Crippen MR) is 78.4 cm³/mol. The Morgan fingerprint density at radius 2 is 2.06 bits per heavy atom. The van der Waals surface area contributed by atoms with Crippen LogP contribution in [-0.4, -0.2) is 9.78 Å². The van der Waals surface area contributed by atoms with Crippen LogP contribution in [0.1, 0.15) is 70.2 Å². The fraction of sp³-hybridized carbons (Fsp3) is 0.786. The van der Waals surface area contributed by atoms with Gasteiger partial charge in [0.15, 0.2) is 0 Å². The van der Waals surface area contributed by atoms with Crippen molar-refractivity contribution in [2.75, 3.05) is 0 Å². The zero-order valence-electron chi connectivity index (χ0n) is 11.4. The Bertz CT molecular complexity index is 380. The summed E-state index contributed by atoms with van der Waals surface area (Å²) in [5.74, 6) is 0.802. The van der Waals surface area contributed by atoms with Crippen LogP contribution in [0.2, 0.25) is 0 Å². The van der Waals surface area contributed by atoms with Crippen LogP contribution in [0, 0.1) is 5.92 Å². The summed E-state index contributed by atoms with van der Waals surface area (Å²) in [6.07, 6.45) is 9.82. The second-order valence-electron chi connectivity index (χ2n) is 5.76. The first-order valence-electron chi connectivity index (χ1n) is 7.08. The molecule has 0 aromatic carbocycles. The quantitative estimate of drug-likeness (QED) is 0.905. The number of rotatable bonds is 4. The summed E-state index contributed by atoms with van der Waals surface area (Å²) < 4.78 is 3.11. The molecular formula is C14H24BrN3. The van der Waals surface area contributed by atoms with Gasteiger partial charge in [-0.3, -0.25) is 4.68 Å². The van der Waals surface area contributed by atoms with Crippen LogP contribution in [0.15, 0.2) is 10.7 Å². The Balaban J connectivity index is 2.07. The van der Waals surface area contributed by atoms with Crippen LogP contribution < -0.4 is 5.73 Å². The van der Waals surface area contributed by atoms with E-state index in [1.54, 1.807) is 0 Å². The lowest BCUT2D eigenvalue weighted by Crippen LogP contribution is -2.22.